The number of ether oxygens (including phenoxy) is 2. The van der Waals surface area contributed by atoms with Crippen molar-refractivity contribution in [3.05, 3.63) is 76.9 Å². The topological polar surface area (TPSA) is 136 Å². The van der Waals surface area contributed by atoms with Crippen LogP contribution in [0.4, 0.5) is 4.39 Å². The van der Waals surface area contributed by atoms with Crippen LogP contribution in [0.3, 0.4) is 0 Å². The minimum atomic E-state index is -2.07. The number of carbonyl (C=O) groups excluding carboxylic acids is 3. The fraction of sp³-hybridized carbons (Fsp3) is 0.441. The molecule has 4 aliphatic carbocycles. The van der Waals surface area contributed by atoms with Gasteiger partial charge in [-0.05, 0) is 93.5 Å². The lowest BCUT2D eigenvalue weighted by atomic mass is 9.45. The van der Waals surface area contributed by atoms with Gasteiger partial charge in [-0.2, -0.15) is 0 Å². The maximum Gasteiger partial charge on any atom is 0.339 e. The number of aliphatic hydroxyl groups is 1. The number of alkyl halides is 1. The van der Waals surface area contributed by atoms with Gasteiger partial charge in [0.15, 0.2) is 17.1 Å². The number of ketones is 1. The van der Waals surface area contributed by atoms with E-state index in [0.29, 0.717) is 36.3 Å². The van der Waals surface area contributed by atoms with E-state index < -0.39 is 45.2 Å². The van der Waals surface area contributed by atoms with Gasteiger partial charge in [-0.1, -0.05) is 41.9 Å². The number of aliphatic hydroxyl groups excluding tert-OH is 1. The Morgan fingerprint density at radius 3 is 2.51 bits per heavy atom. The molecule has 3 fully saturated rings. The molecule has 0 spiro atoms. The van der Waals surface area contributed by atoms with E-state index in [-0.39, 0.29) is 46.8 Å². The van der Waals surface area contributed by atoms with Crippen LogP contribution in [0.25, 0.3) is 0 Å². The van der Waals surface area contributed by atoms with Gasteiger partial charge in [0.2, 0.25) is 5.12 Å². The van der Waals surface area contributed by atoms with E-state index in [1.54, 1.807) is 31.2 Å². The number of allylic oxidation sites excluding steroid dienone is 4. The number of aromatic hydroxyl groups is 1. The van der Waals surface area contributed by atoms with Crippen LogP contribution in [0.1, 0.15) is 56.3 Å². The van der Waals surface area contributed by atoms with E-state index in [1.807, 2.05) is 6.92 Å². The molecule has 0 saturated heterocycles. The molecule has 0 heterocycles. The Bertz CT molecular complexity index is 1630. The fourth-order valence-corrected chi connectivity index (χ4v) is 9.43. The highest BCUT2D eigenvalue weighted by Crippen LogP contribution is 2.70. The van der Waals surface area contributed by atoms with Gasteiger partial charge in [0.1, 0.15) is 17.2 Å². The van der Waals surface area contributed by atoms with Gasteiger partial charge in [0.05, 0.1) is 16.7 Å². The minimum Gasteiger partial charge on any atom is -0.506 e. The first-order chi connectivity index (χ1) is 21.3. The summed E-state index contributed by atoms with van der Waals surface area (Å²) in [6.45, 7) is 3.56. The van der Waals surface area contributed by atoms with Gasteiger partial charge in [0, 0.05) is 28.7 Å². The Balaban J connectivity index is 1.30. The molecular formula is C34H35ClFNO7S. The van der Waals surface area contributed by atoms with E-state index in [9.17, 15) is 24.6 Å². The van der Waals surface area contributed by atoms with Gasteiger partial charge in [-0.15, -0.1) is 0 Å². The number of hydrogen-bond donors (Lipinski definition) is 3. The number of thioether (sulfide) groups is 1. The first-order valence-electron chi connectivity index (χ1n) is 15.0. The predicted octanol–water partition coefficient (Wildman–Crippen LogP) is 6.28. The molecule has 45 heavy (non-hydrogen) atoms. The molecule has 6 rings (SSSR count). The molecule has 0 amide bonds. The van der Waals surface area contributed by atoms with Gasteiger partial charge < -0.3 is 25.4 Å². The first-order valence-corrected chi connectivity index (χ1v) is 16.3. The SMILES string of the molecule is C[C@]12C=CC(=O)C=C1CC[C@H]1[C@@H]3CC[C@](OC(=O)c4ccc(Oc5ccc(O)c(Cl)c5)cc4)(C(=O)SCN)[C@@]3(C)C[C@H](O)[C@@]12F. The third-order valence-corrected chi connectivity index (χ3v) is 11.9. The van der Waals surface area contributed by atoms with Crippen LogP contribution in [0.2, 0.25) is 5.02 Å². The Hall–Kier alpha value is -3.18. The number of rotatable bonds is 6. The summed E-state index contributed by atoms with van der Waals surface area (Å²) in [5, 5.41) is 21.0. The summed E-state index contributed by atoms with van der Waals surface area (Å²) < 4.78 is 29.5. The lowest BCUT2D eigenvalue weighted by Crippen LogP contribution is -2.69. The third kappa shape index (κ3) is 4.75. The number of benzene rings is 2. The van der Waals surface area contributed by atoms with Crippen molar-refractivity contribution in [2.45, 2.75) is 63.3 Å². The van der Waals surface area contributed by atoms with Crippen molar-refractivity contribution in [1.82, 2.24) is 0 Å². The first kappa shape index (κ1) is 31.8. The molecular weight excluding hydrogens is 621 g/mol. The van der Waals surface area contributed by atoms with E-state index >= 15 is 4.39 Å². The van der Waals surface area contributed by atoms with Crippen molar-refractivity contribution >= 4 is 40.2 Å². The number of fused-ring (bicyclic) bond motifs is 5. The molecule has 4 N–H and O–H groups in total. The molecule has 2 aromatic carbocycles. The number of halogens is 2. The number of carbonyl (C=O) groups is 3. The van der Waals surface area contributed by atoms with E-state index in [4.69, 9.17) is 26.8 Å². The van der Waals surface area contributed by atoms with Gasteiger partial charge >= 0.3 is 5.97 Å². The molecule has 0 aliphatic heterocycles. The summed E-state index contributed by atoms with van der Waals surface area (Å²) in [7, 11) is 0. The van der Waals surface area contributed by atoms with E-state index in [1.165, 1.54) is 36.4 Å². The molecule has 238 valence electrons. The predicted molar refractivity (Wildman–Crippen MR) is 168 cm³/mol. The lowest BCUT2D eigenvalue weighted by Gasteiger charge is -2.62. The molecule has 3 saturated carbocycles. The average molecular weight is 656 g/mol. The summed E-state index contributed by atoms with van der Waals surface area (Å²) in [4.78, 5) is 39.7. The lowest BCUT2D eigenvalue weighted by molar-refractivity contribution is -0.214. The van der Waals surface area contributed by atoms with E-state index in [0.717, 1.165) is 11.8 Å². The molecule has 11 heteroatoms. The van der Waals surface area contributed by atoms with Crippen LogP contribution in [-0.4, -0.2) is 50.3 Å². The van der Waals surface area contributed by atoms with Crippen LogP contribution in [0.15, 0.2) is 66.3 Å². The molecule has 2 aromatic rings. The molecule has 4 aliphatic rings. The largest absolute Gasteiger partial charge is 0.506 e. The zero-order valence-electron chi connectivity index (χ0n) is 24.9. The van der Waals surface area contributed by atoms with Crippen molar-refractivity contribution in [3.63, 3.8) is 0 Å². The zero-order chi connectivity index (χ0) is 32.4. The highest BCUT2D eigenvalue weighted by atomic mass is 35.5. The fourth-order valence-electron chi connectivity index (χ4n) is 8.50. The van der Waals surface area contributed by atoms with Crippen LogP contribution in [-0.2, 0) is 14.3 Å². The van der Waals surface area contributed by atoms with Crippen LogP contribution in [0.5, 0.6) is 17.2 Å². The quantitative estimate of drug-likeness (QED) is 0.243. The summed E-state index contributed by atoms with van der Waals surface area (Å²) in [6.07, 6.45) is 4.32. The van der Waals surface area contributed by atoms with Crippen LogP contribution in [0, 0.1) is 22.7 Å². The summed E-state index contributed by atoms with van der Waals surface area (Å²) in [5.74, 6) is -1.26. The maximum atomic E-state index is 17.5. The highest BCUT2D eigenvalue weighted by Gasteiger charge is 2.75. The van der Waals surface area contributed by atoms with Crippen molar-refractivity contribution in [2.75, 3.05) is 5.88 Å². The number of hydrogen-bond acceptors (Lipinski definition) is 9. The van der Waals surface area contributed by atoms with Crippen LogP contribution < -0.4 is 10.5 Å². The summed E-state index contributed by atoms with van der Waals surface area (Å²) >= 11 is 6.81. The molecule has 7 atom stereocenters. The number of esters is 1. The normalized spacial score (nSPS) is 35.1. The van der Waals surface area contributed by atoms with Crippen molar-refractivity contribution in [2.24, 2.45) is 28.4 Å². The van der Waals surface area contributed by atoms with Gasteiger partial charge in [0.25, 0.3) is 0 Å². The number of phenolic OH excluding ortho intramolecular Hbond substituents is 1. The third-order valence-electron chi connectivity index (χ3n) is 10.8. The van der Waals surface area contributed by atoms with Crippen molar-refractivity contribution in [1.29, 1.82) is 0 Å². The molecule has 0 unspecified atom stereocenters. The molecule has 0 aromatic heterocycles. The Labute approximate surface area is 269 Å². The zero-order valence-corrected chi connectivity index (χ0v) is 26.5. The second kappa shape index (κ2) is 11.3. The summed E-state index contributed by atoms with van der Waals surface area (Å²) in [6, 6.07) is 10.6. The highest BCUT2D eigenvalue weighted by molar-refractivity contribution is 8.13. The van der Waals surface area contributed by atoms with Gasteiger partial charge in [-0.25, -0.2) is 9.18 Å². The Morgan fingerprint density at radius 2 is 1.82 bits per heavy atom. The second-order valence-corrected chi connectivity index (χ2v) is 14.3. The van der Waals surface area contributed by atoms with Gasteiger partial charge in [-0.3, -0.25) is 9.59 Å². The maximum absolute atomic E-state index is 17.5. The van der Waals surface area contributed by atoms with Crippen LogP contribution >= 0.6 is 23.4 Å². The monoisotopic (exact) mass is 655 g/mol. The minimum absolute atomic E-state index is 0.0315. The van der Waals surface area contributed by atoms with Crippen molar-refractivity contribution < 1.29 is 38.5 Å². The Morgan fingerprint density at radius 1 is 1.11 bits per heavy atom. The molecule has 0 bridgehead atoms. The number of nitrogens with two attached hydrogens (primary N) is 1. The van der Waals surface area contributed by atoms with E-state index in [2.05, 4.69) is 0 Å². The van der Waals surface area contributed by atoms with Crippen molar-refractivity contribution in [3.8, 4) is 17.2 Å². The summed E-state index contributed by atoms with van der Waals surface area (Å²) in [5.41, 5.74) is 0.667. The standard InChI is InChI=1S/C34H35ClFNO7S/c1-31-13-11-21(38)15-20(31)5-9-25-24-12-14-33(30(42)45-18-37,32(24,2)17-28(40)34(25,31)36)44-29(41)19-3-6-22(7-4-19)43-23-8-10-27(39)26(35)16-23/h3-4,6-8,10-11,13,15-16,24-25,28,39-40H,5,9,12,14,17-18,37H2,1-2H3/t24-,25-,28-,31-,32-,33-,34-/m0/s1. The second-order valence-electron chi connectivity index (χ2n) is 12.9. The molecule has 8 nitrogen and oxygen atoms in total. The average Bonchev–Trinajstić information content (AvgIpc) is 3.28. The smallest absolute Gasteiger partial charge is 0.339 e. The number of phenols is 1. The molecule has 0 radical (unpaired) electrons. The Kier molecular flexibility index (Phi) is 7.95.